The standard InChI is InChI=1S/C7H9NO4/c8-1-4-3-12-5(2-9)7(11)6(4)10/h3,5-7,9-11H,2H2. The fourth-order valence-corrected chi connectivity index (χ4v) is 0.942. The van der Waals surface area contributed by atoms with Crippen molar-refractivity contribution in [1.29, 1.82) is 5.26 Å². The quantitative estimate of drug-likeness (QED) is 0.446. The van der Waals surface area contributed by atoms with Crippen molar-refractivity contribution in [3.63, 3.8) is 0 Å². The van der Waals surface area contributed by atoms with Crippen LogP contribution in [0, 0.1) is 11.3 Å². The Bertz CT molecular complexity index is 232. The van der Waals surface area contributed by atoms with Gasteiger partial charge in [-0.15, -0.1) is 0 Å². The van der Waals surface area contributed by atoms with E-state index in [0.29, 0.717) is 0 Å². The Morgan fingerprint density at radius 2 is 2.25 bits per heavy atom. The van der Waals surface area contributed by atoms with Gasteiger partial charge >= 0.3 is 0 Å². The highest BCUT2D eigenvalue weighted by molar-refractivity contribution is 5.26. The highest BCUT2D eigenvalue weighted by atomic mass is 16.5. The Labute approximate surface area is 69.1 Å². The minimum atomic E-state index is -1.26. The van der Waals surface area contributed by atoms with Crippen LogP contribution in [-0.4, -0.2) is 40.2 Å². The Kier molecular flexibility index (Phi) is 2.65. The molecule has 0 saturated carbocycles. The van der Waals surface area contributed by atoms with E-state index in [0.717, 1.165) is 6.26 Å². The Morgan fingerprint density at radius 3 is 2.75 bits per heavy atom. The van der Waals surface area contributed by atoms with E-state index in [1.807, 2.05) is 0 Å². The molecule has 66 valence electrons. The SMILES string of the molecule is N#CC1=COC(CO)C(O)C1O. The first-order valence-corrected chi connectivity index (χ1v) is 3.43. The molecule has 0 aliphatic carbocycles. The fourth-order valence-electron chi connectivity index (χ4n) is 0.942. The second-order valence-corrected chi connectivity index (χ2v) is 2.48. The lowest BCUT2D eigenvalue weighted by molar-refractivity contribution is -0.0843. The van der Waals surface area contributed by atoms with Crippen molar-refractivity contribution in [2.75, 3.05) is 6.61 Å². The lowest BCUT2D eigenvalue weighted by Crippen LogP contribution is -2.44. The summed E-state index contributed by atoms with van der Waals surface area (Å²) in [5, 5.41) is 35.5. The van der Waals surface area contributed by atoms with Gasteiger partial charge in [-0.1, -0.05) is 0 Å². The van der Waals surface area contributed by atoms with E-state index in [1.54, 1.807) is 6.07 Å². The minimum Gasteiger partial charge on any atom is -0.492 e. The second kappa shape index (κ2) is 3.54. The zero-order chi connectivity index (χ0) is 9.14. The summed E-state index contributed by atoms with van der Waals surface area (Å²) < 4.78 is 4.77. The summed E-state index contributed by atoms with van der Waals surface area (Å²) in [5.41, 5.74) is -0.0350. The maximum Gasteiger partial charge on any atom is 0.149 e. The average molecular weight is 171 g/mol. The van der Waals surface area contributed by atoms with Gasteiger partial charge in [-0.25, -0.2) is 0 Å². The van der Waals surface area contributed by atoms with Gasteiger partial charge in [0.15, 0.2) is 0 Å². The number of nitriles is 1. The van der Waals surface area contributed by atoms with Crippen LogP contribution in [-0.2, 0) is 4.74 Å². The predicted octanol–water partition coefficient (Wildman–Crippen LogP) is -1.49. The third kappa shape index (κ3) is 1.41. The fraction of sp³-hybridized carbons (Fsp3) is 0.571. The molecule has 3 N–H and O–H groups in total. The van der Waals surface area contributed by atoms with Gasteiger partial charge in [-0.3, -0.25) is 0 Å². The van der Waals surface area contributed by atoms with Crippen LogP contribution in [0.1, 0.15) is 0 Å². The van der Waals surface area contributed by atoms with E-state index in [4.69, 9.17) is 15.1 Å². The summed E-state index contributed by atoms with van der Waals surface area (Å²) in [5.74, 6) is 0. The van der Waals surface area contributed by atoms with Gasteiger partial charge in [-0.05, 0) is 0 Å². The smallest absolute Gasteiger partial charge is 0.149 e. The van der Waals surface area contributed by atoms with E-state index >= 15 is 0 Å². The summed E-state index contributed by atoms with van der Waals surface area (Å²) in [6.45, 7) is -0.395. The number of rotatable bonds is 1. The molecule has 0 spiro atoms. The van der Waals surface area contributed by atoms with Crippen LogP contribution in [0.15, 0.2) is 11.8 Å². The molecule has 12 heavy (non-hydrogen) atoms. The van der Waals surface area contributed by atoms with Gasteiger partial charge in [0.1, 0.15) is 30.6 Å². The number of hydrogen-bond acceptors (Lipinski definition) is 5. The molecule has 0 aromatic rings. The molecular formula is C7H9NO4. The molecular weight excluding hydrogens is 162 g/mol. The first kappa shape index (κ1) is 9.00. The molecule has 1 aliphatic rings. The number of nitrogens with zero attached hydrogens (tertiary/aromatic N) is 1. The van der Waals surface area contributed by atoms with Crippen molar-refractivity contribution in [3.8, 4) is 6.07 Å². The van der Waals surface area contributed by atoms with Crippen molar-refractivity contribution in [2.24, 2.45) is 0 Å². The zero-order valence-corrected chi connectivity index (χ0v) is 6.21. The number of ether oxygens (including phenoxy) is 1. The van der Waals surface area contributed by atoms with E-state index in [1.165, 1.54) is 0 Å². The van der Waals surface area contributed by atoms with E-state index in [-0.39, 0.29) is 5.57 Å². The molecule has 0 amide bonds. The van der Waals surface area contributed by atoms with Gasteiger partial charge in [0.05, 0.1) is 12.2 Å². The van der Waals surface area contributed by atoms with Crippen molar-refractivity contribution >= 4 is 0 Å². The molecule has 0 aromatic heterocycles. The third-order valence-corrected chi connectivity index (χ3v) is 1.70. The Hall–Kier alpha value is -1.09. The Balaban J connectivity index is 2.77. The first-order chi connectivity index (χ1) is 5.70. The van der Waals surface area contributed by atoms with Crippen LogP contribution in [0.2, 0.25) is 0 Å². The first-order valence-electron chi connectivity index (χ1n) is 3.43. The van der Waals surface area contributed by atoms with Crippen molar-refractivity contribution in [2.45, 2.75) is 18.3 Å². The van der Waals surface area contributed by atoms with Gasteiger partial charge in [0, 0.05) is 0 Å². The maximum absolute atomic E-state index is 9.21. The van der Waals surface area contributed by atoms with Crippen LogP contribution in [0.5, 0.6) is 0 Å². The third-order valence-electron chi connectivity index (χ3n) is 1.70. The topological polar surface area (TPSA) is 93.7 Å². The number of aliphatic hydroxyl groups is 3. The van der Waals surface area contributed by atoms with Crippen LogP contribution in [0.25, 0.3) is 0 Å². The molecule has 3 atom stereocenters. The largest absolute Gasteiger partial charge is 0.492 e. The molecule has 0 radical (unpaired) electrons. The molecule has 1 rings (SSSR count). The molecule has 3 unspecified atom stereocenters. The van der Waals surface area contributed by atoms with Crippen LogP contribution >= 0.6 is 0 Å². The summed E-state index contributed by atoms with van der Waals surface area (Å²) in [6, 6.07) is 1.67. The van der Waals surface area contributed by atoms with Crippen LogP contribution in [0.3, 0.4) is 0 Å². The number of hydrogen-bond donors (Lipinski definition) is 3. The lowest BCUT2D eigenvalue weighted by Gasteiger charge is -2.28. The molecule has 5 heteroatoms. The van der Waals surface area contributed by atoms with Crippen molar-refractivity contribution in [3.05, 3.63) is 11.8 Å². The Morgan fingerprint density at radius 1 is 1.58 bits per heavy atom. The van der Waals surface area contributed by atoms with E-state index in [2.05, 4.69) is 0 Å². The average Bonchev–Trinajstić information content (AvgIpc) is 2.10. The van der Waals surface area contributed by atoms with Gasteiger partial charge < -0.3 is 20.1 Å². The predicted molar refractivity (Wildman–Crippen MR) is 37.7 cm³/mol. The molecule has 0 aromatic carbocycles. The van der Waals surface area contributed by atoms with Gasteiger partial charge in [-0.2, -0.15) is 5.26 Å². The summed E-state index contributed by atoms with van der Waals surface area (Å²) in [7, 11) is 0. The molecule has 0 bridgehead atoms. The van der Waals surface area contributed by atoms with E-state index in [9.17, 15) is 10.2 Å². The van der Waals surface area contributed by atoms with Crippen molar-refractivity contribution < 1.29 is 20.1 Å². The zero-order valence-electron chi connectivity index (χ0n) is 6.21. The van der Waals surface area contributed by atoms with Gasteiger partial charge in [0.25, 0.3) is 0 Å². The van der Waals surface area contributed by atoms with Crippen molar-refractivity contribution in [1.82, 2.24) is 0 Å². The highest BCUT2D eigenvalue weighted by Crippen LogP contribution is 2.17. The molecule has 1 aliphatic heterocycles. The molecule has 1 heterocycles. The highest BCUT2D eigenvalue weighted by Gasteiger charge is 2.33. The summed E-state index contributed by atoms with van der Waals surface area (Å²) in [4.78, 5) is 0. The molecule has 0 fully saturated rings. The summed E-state index contributed by atoms with van der Waals surface area (Å²) >= 11 is 0. The van der Waals surface area contributed by atoms with Crippen LogP contribution in [0.4, 0.5) is 0 Å². The minimum absolute atomic E-state index is 0.0350. The lowest BCUT2D eigenvalue weighted by atomic mass is 10.0. The molecule has 0 saturated heterocycles. The normalized spacial score (nSPS) is 34.8. The second-order valence-electron chi connectivity index (χ2n) is 2.48. The molecule has 5 nitrogen and oxygen atoms in total. The summed E-state index contributed by atoms with van der Waals surface area (Å²) in [6.07, 6.45) is -2.30. The van der Waals surface area contributed by atoms with Gasteiger partial charge in [0.2, 0.25) is 0 Å². The monoisotopic (exact) mass is 171 g/mol. The van der Waals surface area contributed by atoms with E-state index < -0.39 is 24.9 Å². The maximum atomic E-state index is 9.21. The number of aliphatic hydroxyl groups excluding tert-OH is 3. The van der Waals surface area contributed by atoms with Crippen LogP contribution < -0.4 is 0 Å².